The quantitative estimate of drug-likeness (QED) is 0.799. The number of ether oxygens (including phenoxy) is 1. The maximum atomic E-state index is 9.10. The Labute approximate surface area is 128 Å². The topological polar surface area (TPSA) is 62.3 Å². The highest BCUT2D eigenvalue weighted by Crippen LogP contribution is 2.32. The van der Waals surface area contributed by atoms with E-state index in [2.05, 4.69) is 30.9 Å². The Morgan fingerprint density at radius 1 is 1.33 bits per heavy atom. The second kappa shape index (κ2) is 8.66. The van der Waals surface area contributed by atoms with E-state index in [-0.39, 0.29) is 18.0 Å². The first-order valence-corrected chi connectivity index (χ1v) is 7.61. The van der Waals surface area contributed by atoms with Gasteiger partial charge in [0.15, 0.2) is 0 Å². The summed E-state index contributed by atoms with van der Waals surface area (Å²) in [6.45, 7) is 7.70. The maximum Gasteiger partial charge on any atom is 0.123 e. The predicted octanol–water partition coefficient (Wildman–Crippen LogP) is 2.96. The van der Waals surface area contributed by atoms with Crippen LogP contribution in [0.2, 0.25) is 0 Å². The smallest absolute Gasteiger partial charge is 0.123 e. The summed E-state index contributed by atoms with van der Waals surface area (Å²) < 4.78 is 5.50. The Morgan fingerprint density at radius 3 is 2.52 bits per heavy atom. The Kier molecular flexibility index (Phi) is 7.21. The molecule has 1 rings (SSSR count). The van der Waals surface area contributed by atoms with E-state index in [4.69, 9.17) is 15.7 Å². The molecule has 0 aliphatic heterocycles. The van der Waals surface area contributed by atoms with Gasteiger partial charge in [-0.05, 0) is 26.0 Å². The van der Waals surface area contributed by atoms with Crippen molar-refractivity contribution < 1.29 is 4.74 Å². The Bertz CT molecular complexity index is 469. The molecule has 4 nitrogen and oxygen atoms in total. The molecule has 0 bridgehead atoms. The van der Waals surface area contributed by atoms with Gasteiger partial charge in [-0.2, -0.15) is 5.26 Å². The van der Waals surface area contributed by atoms with Gasteiger partial charge in [0.1, 0.15) is 5.75 Å². The zero-order chi connectivity index (χ0) is 15.8. The average Bonchev–Trinajstić information content (AvgIpc) is 2.53. The fourth-order valence-electron chi connectivity index (χ4n) is 2.66. The summed E-state index contributed by atoms with van der Waals surface area (Å²) in [5, 5.41) is 9.10. The van der Waals surface area contributed by atoms with E-state index in [0.717, 1.165) is 24.3 Å². The van der Waals surface area contributed by atoms with Gasteiger partial charge in [-0.15, -0.1) is 0 Å². The van der Waals surface area contributed by atoms with Gasteiger partial charge in [-0.3, -0.25) is 4.90 Å². The first-order valence-electron chi connectivity index (χ1n) is 7.61. The van der Waals surface area contributed by atoms with E-state index in [1.807, 2.05) is 25.1 Å². The molecule has 0 aliphatic carbocycles. The summed E-state index contributed by atoms with van der Waals surface area (Å²) in [4.78, 5) is 2.28. The molecule has 0 fully saturated rings. The van der Waals surface area contributed by atoms with Gasteiger partial charge in [0.05, 0.1) is 25.1 Å². The highest BCUT2D eigenvalue weighted by Gasteiger charge is 2.28. The molecule has 116 valence electrons. The van der Waals surface area contributed by atoms with Gasteiger partial charge in [-0.25, -0.2) is 0 Å². The molecule has 0 saturated carbocycles. The minimum atomic E-state index is -0.0220. The summed E-state index contributed by atoms with van der Waals surface area (Å²) in [7, 11) is 1.68. The van der Waals surface area contributed by atoms with E-state index in [9.17, 15) is 0 Å². The van der Waals surface area contributed by atoms with Crippen molar-refractivity contribution >= 4 is 0 Å². The molecule has 4 heteroatoms. The van der Waals surface area contributed by atoms with Gasteiger partial charge in [-0.1, -0.05) is 32.0 Å². The molecular weight excluding hydrogens is 262 g/mol. The van der Waals surface area contributed by atoms with Gasteiger partial charge < -0.3 is 10.5 Å². The van der Waals surface area contributed by atoms with Crippen molar-refractivity contribution in [2.45, 2.75) is 39.3 Å². The second-order valence-electron chi connectivity index (χ2n) is 5.38. The molecule has 1 aromatic rings. The predicted molar refractivity (Wildman–Crippen MR) is 86.0 cm³/mol. The zero-order valence-electron chi connectivity index (χ0n) is 13.5. The van der Waals surface area contributed by atoms with Gasteiger partial charge in [0.2, 0.25) is 0 Å². The normalized spacial score (nSPS) is 15.3. The van der Waals surface area contributed by atoms with Crippen molar-refractivity contribution in [3.05, 3.63) is 29.8 Å². The molecule has 0 spiro atoms. The molecule has 0 aliphatic rings. The molecule has 0 heterocycles. The number of hydrogen-bond donors (Lipinski definition) is 1. The third-order valence-electron chi connectivity index (χ3n) is 3.86. The van der Waals surface area contributed by atoms with Gasteiger partial charge in [0.25, 0.3) is 0 Å². The van der Waals surface area contributed by atoms with Gasteiger partial charge >= 0.3 is 0 Å². The molecule has 1 aromatic carbocycles. The summed E-state index contributed by atoms with van der Waals surface area (Å²) in [5.74, 6) is 0.834. The van der Waals surface area contributed by atoms with Crippen molar-refractivity contribution in [2.24, 2.45) is 11.7 Å². The lowest BCUT2D eigenvalue weighted by Crippen LogP contribution is -2.42. The van der Waals surface area contributed by atoms with Crippen LogP contribution < -0.4 is 10.5 Å². The van der Waals surface area contributed by atoms with Crippen LogP contribution in [0.4, 0.5) is 0 Å². The summed E-state index contributed by atoms with van der Waals surface area (Å²) in [6.07, 6.45) is 0.875. The van der Waals surface area contributed by atoms with E-state index < -0.39 is 0 Å². The lowest BCUT2D eigenvalue weighted by atomic mass is 9.94. The number of methoxy groups -OCH3 is 1. The second-order valence-corrected chi connectivity index (χ2v) is 5.38. The molecule has 21 heavy (non-hydrogen) atoms. The molecule has 0 amide bonds. The Hall–Kier alpha value is -1.57. The van der Waals surface area contributed by atoms with Crippen LogP contribution in [-0.2, 0) is 0 Å². The van der Waals surface area contributed by atoms with Crippen LogP contribution >= 0.6 is 0 Å². The van der Waals surface area contributed by atoms with Crippen LogP contribution in [0, 0.1) is 17.2 Å². The van der Waals surface area contributed by atoms with Crippen molar-refractivity contribution in [3.8, 4) is 11.8 Å². The van der Waals surface area contributed by atoms with E-state index >= 15 is 0 Å². The van der Waals surface area contributed by atoms with Crippen LogP contribution in [0.25, 0.3) is 0 Å². The Morgan fingerprint density at radius 2 is 2.00 bits per heavy atom. The fraction of sp³-hybridized carbons (Fsp3) is 0.588. The Balaban J connectivity index is 3.18. The number of likely N-dealkylation sites (N-methyl/N-ethyl adjacent to an activating group) is 1. The molecule has 0 aromatic heterocycles. The highest BCUT2D eigenvalue weighted by molar-refractivity contribution is 5.37. The lowest BCUT2D eigenvalue weighted by molar-refractivity contribution is 0.163. The largest absolute Gasteiger partial charge is 0.496 e. The summed E-state index contributed by atoms with van der Waals surface area (Å²) in [6, 6.07) is 10.4. The first-order chi connectivity index (χ1) is 10.1. The van der Waals surface area contributed by atoms with E-state index in [1.165, 1.54) is 0 Å². The minimum Gasteiger partial charge on any atom is -0.496 e. The maximum absolute atomic E-state index is 9.10. The first kappa shape index (κ1) is 17.5. The fourth-order valence-corrected chi connectivity index (χ4v) is 2.66. The SMILES string of the molecule is CCC(N)C(c1ccccc1OC)N(CC)CC(C)C#N. The molecular formula is C17H27N3O. The number of rotatable bonds is 8. The van der Waals surface area contributed by atoms with Crippen LogP contribution in [-0.4, -0.2) is 31.1 Å². The van der Waals surface area contributed by atoms with E-state index in [0.29, 0.717) is 6.54 Å². The van der Waals surface area contributed by atoms with Gasteiger partial charge in [0, 0.05) is 18.2 Å². The number of para-hydroxylation sites is 1. The number of hydrogen-bond acceptors (Lipinski definition) is 4. The minimum absolute atomic E-state index is 0.00661. The van der Waals surface area contributed by atoms with Crippen LogP contribution in [0.15, 0.2) is 24.3 Å². The highest BCUT2D eigenvalue weighted by atomic mass is 16.5. The third kappa shape index (κ3) is 4.45. The molecule has 0 radical (unpaired) electrons. The molecule has 3 atom stereocenters. The third-order valence-corrected chi connectivity index (χ3v) is 3.86. The monoisotopic (exact) mass is 289 g/mol. The summed E-state index contributed by atoms with van der Waals surface area (Å²) >= 11 is 0. The van der Waals surface area contributed by atoms with Crippen molar-refractivity contribution in [1.29, 1.82) is 5.26 Å². The number of nitrogens with zero attached hydrogens (tertiary/aromatic N) is 2. The number of nitrogens with two attached hydrogens (primary N) is 1. The average molecular weight is 289 g/mol. The van der Waals surface area contributed by atoms with Crippen LogP contribution in [0.1, 0.15) is 38.8 Å². The standard InChI is InChI=1S/C17H27N3O/c1-5-15(19)17(20(6-2)12-13(3)11-18)14-9-7-8-10-16(14)21-4/h7-10,13,15,17H,5-6,12,19H2,1-4H3. The van der Waals surface area contributed by atoms with Crippen molar-refractivity contribution in [3.63, 3.8) is 0 Å². The van der Waals surface area contributed by atoms with Crippen molar-refractivity contribution in [1.82, 2.24) is 4.90 Å². The number of nitriles is 1. The van der Waals surface area contributed by atoms with Crippen molar-refractivity contribution in [2.75, 3.05) is 20.2 Å². The lowest BCUT2D eigenvalue weighted by Gasteiger charge is -2.36. The number of benzene rings is 1. The van der Waals surface area contributed by atoms with Crippen LogP contribution in [0.3, 0.4) is 0 Å². The summed E-state index contributed by atoms with van der Waals surface area (Å²) in [5.41, 5.74) is 7.48. The zero-order valence-corrected chi connectivity index (χ0v) is 13.5. The van der Waals surface area contributed by atoms with E-state index in [1.54, 1.807) is 7.11 Å². The molecule has 2 N–H and O–H groups in total. The van der Waals surface area contributed by atoms with Crippen LogP contribution in [0.5, 0.6) is 5.75 Å². The molecule has 3 unspecified atom stereocenters. The molecule has 0 saturated heterocycles.